The summed E-state index contributed by atoms with van der Waals surface area (Å²) >= 11 is 0. The third kappa shape index (κ3) is 9.51. The Morgan fingerprint density at radius 2 is 1.77 bits per heavy atom. The summed E-state index contributed by atoms with van der Waals surface area (Å²) in [5.74, 6) is 5.70. The number of hydrogen-bond acceptors (Lipinski definition) is 10. The molecule has 3 saturated heterocycles. The third-order valence-corrected chi connectivity index (χ3v) is 13.7. The first-order chi connectivity index (χ1) is 30.9. The molecule has 4 N–H and O–H groups in total. The lowest BCUT2D eigenvalue weighted by Crippen LogP contribution is -2.44. The van der Waals surface area contributed by atoms with E-state index in [9.17, 15) is 28.4 Å². The molecular weight excluding hydrogens is 822 g/mol. The zero-order chi connectivity index (χ0) is 45.1. The first-order valence-electron chi connectivity index (χ1n) is 22.7. The van der Waals surface area contributed by atoms with Gasteiger partial charge in [0.05, 0.1) is 41.4 Å². The smallest absolute Gasteiger partial charge is 0.329 e. The number of imide groups is 1. The molecule has 2 aromatic carbocycles. The number of alkyl halides is 1. The number of imidazole rings is 1. The zero-order valence-electron chi connectivity index (χ0n) is 36.8. The minimum absolute atomic E-state index is 0.0349. The summed E-state index contributed by atoms with van der Waals surface area (Å²) in [7, 11) is 3.17. The van der Waals surface area contributed by atoms with E-state index in [-0.39, 0.29) is 53.8 Å². The normalized spacial score (nSPS) is 24.3. The van der Waals surface area contributed by atoms with E-state index in [1.165, 1.54) is 11.7 Å². The first kappa shape index (κ1) is 44.8. The Bertz CT molecular complexity index is 2550. The van der Waals surface area contributed by atoms with Crippen molar-refractivity contribution in [3.63, 3.8) is 0 Å². The Morgan fingerprint density at radius 3 is 2.48 bits per heavy atom. The van der Waals surface area contributed by atoms with Crippen LogP contribution < -0.4 is 31.5 Å². The van der Waals surface area contributed by atoms with Crippen LogP contribution in [0.4, 0.5) is 4.39 Å². The fraction of sp³-hybridized carbons (Fsp3) is 0.542. The van der Waals surface area contributed by atoms with Crippen molar-refractivity contribution < 1.29 is 37.8 Å². The van der Waals surface area contributed by atoms with Gasteiger partial charge >= 0.3 is 5.69 Å². The molecule has 5 heterocycles. The maximum atomic E-state index is 14.4. The number of aromatic nitrogens is 3. The fourth-order valence-electron chi connectivity index (χ4n) is 10.0. The predicted molar refractivity (Wildman–Crippen MR) is 238 cm³/mol. The van der Waals surface area contributed by atoms with Gasteiger partial charge in [-0.1, -0.05) is 24.8 Å². The number of halogens is 1. The number of piperidine rings is 2. The highest BCUT2D eigenvalue weighted by molar-refractivity contribution is 6.03. The predicted octanol–water partition coefficient (Wildman–Crippen LogP) is 4.49. The highest BCUT2D eigenvalue weighted by Gasteiger charge is 2.42. The van der Waals surface area contributed by atoms with E-state index in [0.717, 1.165) is 82.1 Å². The number of carbonyl (C=O) groups is 4. The van der Waals surface area contributed by atoms with Crippen molar-refractivity contribution in [3.8, 4) is 23.5 Å². The van der Waals surface area contributed by atoms with Crippen LogP contribution in [-0.4, -0.2) is 101 Å². The average molecular weight is 880 g/mol. The summed E-state index contributed by atoms with van der Waals surface area (Å²) < 4.78 is 35.4. The van der Waals surface area contributed by atoms with Crippen LogP contribution in [0.2, 0.25) is 0 Å². The Hall–Kier alpha value is -5.79. The number of fused-ring (bicyclic) bond motifs is 2. The molecule has 1 unspecified atom stereocenters. The molecule has 0 radical (unpaired) electrons. The number of aryl methyl sites for hydroxylation is 2. The number of methoxy groups -OCH3 is 1. The number of pyridine rings is 1. The van der Waals surface area contributed by atoms with Gasteiger partial charge in [-0.3, -0.25) is 33.6 Å². The molecule has 8 rings (SSSR count). The van der Waals surface area contributed by atoms with Gasteiger partial charge in [-0.25, -0.2) is 14.2 Å². The van der Waals surface area contributed by atoms with Gasteiger partial charge in [0.15, 0.2) is 6.17 Å². The first-order valence-corrected chi connectivity index (χ1v) is 22.7. The Kier molecular flexibility index (Phi) is 13.7. The number of carbonyl (C=O) groups excluding carboxylic acids is 4. The van der Waals surface area contributed by atoms with Crippen molar-refractivity contribution in [2.24, 2.45) is 30.5 Å². The van der Waals surface area contributed by atoms with Crippen LogP contribution in [0.3, 0.4) is 0 Å². The van der Waals surface area contributed by atoms with Gasteiger partial charge in [-0.2, -0.15) is 0 Å². The zero-order valence-corrected chi connectivity index (χ0v) is 36.8. The lowest BCUT2D eigenvalue weighted by molar-refractivity contribution is -0.135. The molecule has 2 aromatic heterocycles. The van der Waals surface area contributed by atoms with Crippen LogP contribution in [0.1, 0.15) is 98.7 Å². The second-order valence-corrected chi connectivity index (χ2v) is 17.8. The maximum absolute atomic E-state index is 14.4. The van der Waals surface area contributed by atoms with Gasteiger partial charge in [-0.15, -0.1) is 0 Å². The number of rotatable bonds is 14. The number of nitrogens with two attached hydrogens (primary N) is 1. The van der Waals surface area contributed by atoms with Crippen LogP contribution in [0.25, 0.3) is 21.8 Å². The molecule has 0 spiro atoms. The van der Waals surface area contributed by atoms with E-state index >= 15 is 0 Å². The quantitative estimate of drug-likeness (QED) is 0.0926. The van der Waals surface area contributed by atoms with Gasteiger partial charge < -0.3 is 30.2 Å². The van der Waals surface area contributed by atoms with Gasteiger partial charge in [0.25, 0.3) is 11.8 Å². The summed E-state index contributed by atoms with van der Waals surface area (Å²) in [6.45, 7) is 5.65. The molecule has 64 heavy (non-hydrogen) atoms. The van der Waals surface area contributed by atoms with Gasteiger partial charge in [0.1, 0.15) is 18.4 Å². The highest BCUT2D eigenvalue weighted by Crippen LogP contribution is 2.35. The molecular formula is C48H58FN7O8. The second kappa shape index (κ2) is 19.5. The Labute approximate surface area is 371 Å². The number of amides is 4. The molecule has 4 atom stereocenters. The van der Waals surface area contributed by atoms with Gasteiger partial charge in [0, 0.05) is 68.5 Å². The third-order valence-electron chi connectivity index (χ3n) is 13.7. The summed E-state index contributed by atoms with van der Waals surface area (Å²) in [5.41, 5.74) is 8.87. The number of primary amides is 1. The Morgan fingerprint density at radius 1 is 0.984 bits per heavy atom. The van der Waals surface area contributed by atoms with Crippen molar-refractivity contribution in [3.05, 3.63) is 63.7 Å². The van der Waals surface area contributed by atoms with E-state index in [0.29, 0.717) is 47.2 Å². The highest BCUT2D eigenvalue weighted by atomic mass is 19.1. The summed E-state index contributed by atoms with van der Waals surface area (Å²) in [5, 5.41) is 6.27. The maximum Gasteiger partial charge on any atom is 0.329 e. The molecule has 1 saturated carbocycles. The van der Waals surface area contributed by atoms with E-state index in [1.54, 1.807) is 29.9 Å². The van der Waals surface area contributed by atoms with E-state index in [1.807, 2.05) is 25.1 Å². The van der Waals surface area contributed by atoms with Crippen LogP contribution in [-0.2, 0) is 32.6 Å². The minimum atomic E-state index is -1.58. The monoisotopic (exact) mass is 879 g/mol. The minimum Gasteiger partial charge on any atom is -0.496 e. The van der Waals surface area contributed by atoms with E-state index < -0.39 is 41.9 Å². The van der Waals surface area contributed by atoms with Crippen LogP contribution in [0.5, 0.6) is 11.6 Å². The van der Waals surface area contributed by atoms with Gasteiger partial charge in [-0.05, 0) is 100.0 Å². The molecule has 4 aromatic rings. The van der Waals surface area contributed by atoms with E-state index in [4.69, 9.17) is 19.9 Å². The lowest BCUT2D eigenvalue weighted by atomic mass is 9.81. The topological polar surface area (TPSA) is 189 Å². The van der Waals surface area contributed by atoms with Crippen molar-refractivity contribution in [1.29, 1.82) is 0 Å². The second-order valence-electron chi connectivity index (χ2n) is 17.8. The van der Waals surface area contributed by atoms with Crippen LogP contribution in [0.15, 0.2) is 41.3 Å². The SMILES string of the molecule is CC[C@@H]1[C@H](F)C(=O)N[C@@H]1COc1ncc(C#C[C@H]2CC[C@H](CN3CCC(OCCCc4ccc5c(c4)n(C)c(=O)n5C4CCC(=O)NC4=O)CC3)CC2)c2cc(C(N)=O)c(OC)cc12. The lowest BCUT2D eigenvalue weighted by Gasteiger charge is -2.36. The summed E-state index contributed by atoms with van der Waals surface area (Å²) in [6.07, 6.45) is 9.18. The number of ether oxygens (including phenoxy) is 3. The molecule has 340 valence electrons. The van der Waals surface area contributed by atoms with Crippen LogP contribution in [0, 0.1) is 29.6 Å². The van der Waals surface area contributed by atoms with Crippen LogP contribution >= 0.6 is 0 Å². The Balaban J connectivity index is 0.796. The molecule has 1 aliphatic carbocycles. The van der Waals surface area contributed by atoms with Crippen molar-refractivity contribution in [2.45, 2.75) is 102 Å². The molecule has 4 amide bonds. The fourth-order valence-corrected chi connectivity index (χ4v) is 10.0. The molecule has 15 nitrogen and oxygen atoms in total. The number of nitrogens with zero attached hydrogens (tertiary/aromatic N) is 4. The molecule has 16 heteroatoms. The number of benzene rings is 2. The van der Waals surface area contributed by atoms with Crippen molar-refractivity contribution in [2.75, 3.05) is 40.0 Å². The molecule has 4 aliphatic rings. The number of likely N-dealkylation sites (tertiary alicyclic amines) is 1. The number of nitrogens with one attached hydrogen (secondary N) is 2. The number of hydrogen-bond donors (Lipinski definition) is 3. The van der Waals surface area contributed by atoms with Gasteiger partial charge in [0.2, 0.25) is 17.7 Å². The summed E-state index contributed by atoms with van der Waals surface area (Å²) in [4.78, 5) is 68.9. The average Bonchev–Trinajstić information content (AvgIpc) is 3.71. The van der Waals surface area contributed by atoms with E-state index in [2.05, 4.69) is 32.4 Å². The van der Waals surface area contributed by atoms with Crippen molar-refractivity contribution >= 4 is 45.4 Å². The van der Waals surface area contributed by atoms with Crippen molar-refractivity contribution in [1.82, 2.24) is 29.7 Å². The summed E-state index contributed by atoms with van der Waals surface area (Å²) in [6, 6.07) is 8.05. The largest absolute Gasteiger partial charge is 0.496 e. The standard InChI is InChI=1S/C48H58FN7O8/c1-4-33-37(52-46(60)43(33)49)27-64-47-35-24-41(62-3)36(44(50)58)23-34(35)31(25-51-47)13-11-28-7-9-30(10-8-28)26-55-19-17-32(18-20-55)63-21-5-6-29-12-14-38-40(22-29)54(2)48(61)56(38)39-15-16-42(57)53-45(39)59/h12,14,22-25,28,30,32-33,37,39,43H,4-10,15-21,26-27H2,1-3H3,(H2,50,58)(H,52,60)(H,53,57,59)/t28-,30-,33-,37+,39?,43-/m0/s1. The molecule has 4 fully saturated rings. The molecule has 0 bridgehead atoms. The molecule has 3 aliphatic heterocycles.